The first kappa shape index (κ1) is 13.1. The van der Waals surface area contributed by atoms with E-state index in [-0.39, 0.29) is 6.10 Å². The van der Waals surface area contributed by atoms with Gasteiger partial charge in [-0.1, -0.05) is 0 Å². The van der Waals surface area contributed by atoms with Crippen LogP contribution in [-0.2, 0) is 0 Å². The summed E-state index contributed by atoms with van der Waals surface area (Å²) in [4.78, 5) is 2.33. The molecular weight excluding hydrogens is 327 g/mol. The molecule has 1 aliphatic heterocycles. The Hall–Kier alpha value is -0.330. The standard InChI is InChI=1S/C13H19IN2O/c14-11-3-5-12(6-4-11)15-9-13(17)10-16-7-1-2-8-16/h3-6,13,15,17H,1-2,7-10H2. The highest BCUT2D eigenvalue weighted by atomic mass is 127. The first-order valence-electron chi connectivity index (χ1n) is 6.14. The third kappa shape index (κ3) is 4.44. The second-order valence-corrected chi connectivity index (χ2v) is 5.79. The van der Waals surface area contributed by atoms with Gasteiger partial charge in [0.1, 0.15) is 0 Å². The number of nitrogens with one attached hydrogen (secondary N) is 1. The van der Waals surface area contributed by atoms with Gasteiger partial charge in [-0.2, -0.15) is 0 Å². The van der Waals surface area contributed by atoms with E-state index in [1.807, 2.05) is 12.1 Å². The highest BCUT2D eigenvalue weighted by Crippen LogP contribution is 2.12. The molecule has 0 saturated carbocycles. The Labute approximate surface area is 116 Å². The minimum Gasteiger partial charge on any atom is -0.390 e. The molecule has 1 atom stereocenters. The molecule has 1 heterocycles. The second kappa shape index (κ2) is 6.56. The fraction of sp³-hybridized carbons (Fsp3) is 0.538. The summed E-state index contributed by atoms with van der Waals surface area (Å²) in [6.07, 6.45) is 2.27. The maximum absolute atomic E-state index is 9.92. The lowest BCUT2D eigenvalue weighted by molar-refractivity contribution is 0.135. The molecule has 2 N–H and O–H groups in total. The molecule has 0 aromatic heterocycles. The van der Waals surface area contributed by atoms with Gasteiger partial charge in [-0.3, -0.25) is 0 Å². The van der Waals surface area contributed by atoms with E-state index < -0.39 is 0 Å². The largest absolute Gasteiger partial charge is 0.390 e. The highest BCUT2D eigenvalue weighted by molar-refractivity contribution is 14.1. The second-order valence-electron chi connectivity index (χ2n) is 4.55. The fourth-order valence-electron chi connectivity index (χ4n) is 2.13. The van der Waals surface area contributed by atoms with Crippen molar-refractivity contribution in [1.29, 1.82) is 0 Å². The van der Waals surface area contributed by atoms with Crippen LogP contribution in [0.2, 0.25) is 0 Å². The van der Waals surface area contributed by atoms with Crippen LogP contribution in [0.15, 0.2) is 24.3 Å². The summed E-state index contributed by atoms with van der Waals surface area (Å²) in [7, 11) is 0. The van der Waals surface area contributed by atoms with E-state index in [1.54, 1.807) is 0 Å². The molecule has 1 aromatic carbocycles. The topological polar surface area (TPSA) is 35.5 Å². The van der Waals surface area contributed by atoms with Crippen LogP contribution in [0.3, 0.4) is 0 Å². The molecule has 2 rings (SSSR count). The minimum absolute atomic E-state index is 0.285. The fourth-order valence-corrected chi connectivity index (χ4v) is 2.49. The van der Waals surface area contributed by atoms with Gasteiger partial charge in [0, 0.05) is 22.3 Å². The monoisotopic (exact) mass is 346 g/mol. The number of rotatable bonds is 5. The van der Waals surface area contributed by atoms with Gasteiger partial charge in [-0.05, 0) is 72.8 Å². The van der Waals surface area contributed by atoms with Crippen molar-refractivity contribution in [3.05, 3.63) is 27.8 Å². The number of hydrogen-bond acceptors (Lipinski definition) is 3. The predicted octanol–water partition coefficient (Wildman–Crippen LogP) is 2.16. The summed E-state index contributed by atoms with van der Waals surface area (Å²) < 4.78 is 1.23. The van der Waals surface area contributed by atoms with E-state index in [0.717, 1.165) is 25.3 Å². The van der Waals surface area contributed by atoms with Crippen LogP contribution in [0, 0.1) is 3.57 Å². The molecule has 0 radical (unpaired) electrons. The van der Waals surface area contributed by atoms with Crippen LogP contribution < -0.4 is 5.32 Å². The zero-order valence-electron chi connectivity index (χ0n) is 9.90. The zero-order valence-corrected chi connectivity index (χ0v) is 12.1. The molecule has 1 aromatic rings. The number of hydrogen-bond donors (Lipinski definition) is 2. The van der Waals surface area contributed by atoms with Crippen LogP contribution in [-0.4, -0.2) is 42.3 Å². The number of likely N-dealkylation sites (tertiary alicyclic amines) is 1. The molecule has 0 amide bonds. The third-order valence-corrected chi connectivity index (χ3v) is 3.77. The predicted molar refractivity (Wildman–Crippen MR) is 79.3 cm³/mol. The van der Waals surface area contributed by atoms with Crippen molar-refractivity contribution in [3.8, 4) is 0 Å². The Balaban J connectivity index is 1.71. The van der Waals surface area contributed by atoms with E-state index in [1.165, 1.54) is 16.4 Å². The summed E-state index contributed by atoms with van der Waals surface area (Å²) in [6, 6.07) is 8.22. The summed E-state index contributed by atoms with van der Waals surface area (Å²) in [6.45, 7) is 3.69. The Kier molecular flexibility index (Phi) is 5.06. The number of aliphatic hydroxyl groups excluding tert-OH is 1. The number of halogens is 1. The van der Waals surface area contributed by atoms with E-state index >= 15 is 0 Å². The van der Waals surface area contributed by atoms with E-state index in [9.17, 15) is 5.11 Å². The lowest BCUT2D eigenvalue weighted by Crippen LogP contribution is -2.34. The summed E-state index contributed by atoms with van der Waals surface area (Å²) >= 11 is 2.29. The van der Waals surface area contributed by atoms with Gasteiger partial charge in [-0.15, -0.1) is 0 Å². The number of benzene rings is 1. The average Bonchev–Trinajstić information content (AvgIpc) is 2.81. The van der Waals surface area contributed by atoms with Crippen LogP contribution in [0.5, 0.6) is 0 Å². The van der Waals surface area contributed by atoms with Crippen molar-refractivity contribution in [3.63, 3.8) is 0 Å². The molecular formula is C13H19IN2O. The quantitative estimate of drug-likeness (QED) is 0.803. The first-order chi connectivity index (χ1) is 8.24. The van der Waals surface area contributed by atoms with Crippen molar-refractivity contribution >= 4 is 28.3 Å². The van der Waals surface area contributed by atoms with E-state index in [0.29, 0.717) is 6.54 Å². The van der Waals surface area contributed by atoms with Crippen molar-refractivity contribution in [2.75, 3.05) is 31.5 Å². The lowest BCUT2D eigenvalue weighted by Gasteiger charge is -2.20. The molecule has 3 nitrogen and oxygen atoms in total. The number of β-amino-alcohol motifs (C(OH)–C–C–N with tert-alkyl or cyclic N) is 1. The smallest absolute Gasteiger partial charge is 0.0839 e. The van der Waals surface area contributed by atoms with Gasteiger partial charge in [0.05, 0.1) is 6.10 Å². The molecule has 0 bridgehead atoms. The molecule has 1 saturated heterocycles. The summed E-state index contributed by atoms with van der Waals surface area (Å²) in [5, 5.41) is 13.2. The van der Waals surface area contributed by atoms with Gasteiger partial charge in [0.15, 0.2) is 0 Å². The summed E-state index contributed by atoms with van der Waals surface area (Å²) in [5.74, 6) is 0. The Morgan fingerprint density at radius 3 is 2.53 bits per heavy atom. The van der Waals surface area contributed by atoms with Crippen LogP contribution >= 0.6 is 22.6 Å². The molecule has 94 valence electrons. The Morgan fingerprint density at radius 1 is 1.24 bits per heavy atom. The Morgan fingerprint density at radius 2 is 1.88 bits per heavy atom. The van der Waals surface area contributed by atoms with Crippen molar-refractivity contribution in [2.45, 2.75) is 18.9 Å². The van der Waals surface area contributed by atoms with Gasteiger partial charge >= 0.3 is 0 Å². The van der Waals surface area contributed by atoms with Gasteiger partial charge in [0.25, 0.3) is 0 Å². The zero-order chi connectivity index (χ0) is 12.1. The lowest BCUT2D eigenvalue weighted by atomic mass is 10.3. The number of nitrogens with zero attached hydrogens (tertiary/aromatic N) is 1. The average molecular weight is 346 g/mol. The highest BCUT2D eigenvalue weighted by Gasteiger charge is 2.15. The van der Waals surface area contributed by atoms with E-state index in [2.05, 4.69) is 44.9 Å². The van der Waals surface area contributed by atoms with Gasteiger partial charge in [0.2, 0.25) is 0 Å². The molecule has 1 unspecified atom stereocenters. The number of anilines is 1. The van der Waals surface area contributed by atoms with Crippen LogP contribution in [0.25, 0.3) is 0 Å². The van der Waals surface area contributed by atoms with Gasteiger partial charge in [-0.25, -0.2) is 0 Å². The molecule has 4 heteroatoms. The van der Waals surface area contributed by atoms with Crippen LogP contribution in [0.1, 0.15) is 12.8 Å². The molecule has 17 heavy (non-hydrogen) atoms. The molecule has 0 aliphatic carbocycles. The normalized spacial score (nSPS) is 18.2. The van der Waals surface area contributed by atoms with E-state index in [4.69, 9.17) is 0 Å². The molecule has 1 fully saturated rings. The van der Waals surface area contributed by atoms with Gasteiger partial charge < -0.3 is 15.3 Å². The Bertz CT molecular complexity index is 336. The molecule has 1 aliphatic rings. The third-order valence-electron chi connectivity index (χ3n) is 3.05. The first-order valence-corrected chi connectivity index (χ1v) is 7.22. The molecule has 0 spiro atoms. The maximum atomic E-state index is 9.92. The van der Waals surface area contributed by atoms with Crippen molar-refractivity contribution in [1.82, 2.24) is 4.90 Å². The maximum Gasteiger partial charge on any atom is 0.0839 e. The summed E-state index contributed by atoms with van der Waals surface area (Å²) in [5.41, 5.74) is 1.07. The van der Waals surface area contributed by atoms with Crippen molar-refractivity contribution < 1.29 is 5.11 Å². The SMILES string of the molecule is OC(CNc1ccc(I)cc1)CN1CCCC1. The van der Waals surface area contributed by atoms with Crippen molar-refractivity contribution in [2.24, 2.45) is 0 Å². The van der Waals surface area contributed by atoms with Crippen LogP contribution in [0.4, 0.5) is 5.69 Å². The number of aliphatic hydroxyl groups is 1. The minimum atomic E-state index is -0.285.